The van der Waals surface area contributed by atoms with Crippen LogP contribution >= 0.6 is 0 Å². The van der Waals surface area contributed by atoms with Crippen molar-refractivity contribution in [1.82, 2.24) is 15.5 Å². The predicted octanol–water partition coefficient (Wildman–Crippen LogP) is 1.30. The summed E-state index contributed by atoms with van der Waals surface area (Å²) >= 11 is 0. The Morgan fingerprint density at radius 1 is 1.30 bits per heavy atom. The van der Waals surface area contributed by atoms with Gasteiger partial charge in [-0.2, -0.15) is 4.98 Å². The summed E-state index contributed by atoms with van der Waals surface area (Å²) in [6.45, 7) is 0. The smallest absolute Gasteiger partial charge is 0.227 e. The molecule has 110 valence electrons. The van der Waals surface area contributed by atoms with Crippen LogP contribution in [0.1, 0.15) is 62.6 Å². The van der Waals surface area contributed by atoms with Crippen LogP contribution in [0.5, 0.6) is 0 Å². The zero-order chi connectivity index (χ0) is 13.9. The van der Waals surface area contributed by atoms with Gasteiger partial charge in [-0.15, -0.1) is 0 Å². The van der Waals surface area contributed by atoms with E-state index in [-0.39, 0.29) is 11.9 Å². The molecule has 2 N–H and O–H groups in total. The first-order valence-corrected chi connectivity index (χ1v) is 7.52. The molecule has 20 heavy (non-hydrogen) atoms. The fraction of sp³-hybridized carbons (Fsp3) is 0.786. The lowest BCUT2D eigenvalue weighted by Crippen LogP contribution is -2.45. The number of aromatic nitrogens is 2. The Labute approximate surface area is 117 Å². The fourth-order valence-electron chi connectivity index (χ4n) is 2.66. The minimum Gasteiger partial charge on any atom is -0.391 e. The van der Waals surface area contributed by atoms with Crippen LogP contribution in [-0.4, -0.2) is 33.3 Å². The third kappa shape index (κ3) is 3.36. The highest BCUT2D eigenvalue weighted by Crippen LogP contribution is 2.38. The summed E-state index contributed by atoms with van der Waals surface area (Å²) in [7, 11) is 0. The molecule has 1 aromatic rings. The molecule has 6 nitrogen and oxygen atoms in total. The van der Waals surface area contributed by atoms with E-state index in [4.69, 9.17) is 4.52 Å². The molecule has 2 saturated carbocycles. The van der Waals surface area contributed by atoms with Crippen LogP contribution in [0.2, 0.25) is 0 Å². The van der Waals surface area contributed by atoms with Gasteiger partial charge in [0, 0.05) is 18.8 Å². The second kappa shape index (κ2) is 5.91. The predicted molar refractivity (Wildman–Crippen MR) is 71.0 cm³/mol. The number of carbonyl (C=O) groups is 1. The van der Waals surface area contributed by atoms with Gasteiger partial charge >= 0.3 is 0 Å². The van der Waals surface area contributed by atoms with Crippen molar-refractivity contribution in [3.63, 3.8) is 0 Å². The summed E-state index contributed by atoms with van der Waals surface area (Å²) in [5.74, 6) is 1.73. The van der Waals surface area contributed by atoms with Gasteiger partial charge in [-0.25, -0.2) is 0 Å². The van der Waals surface area contributed by atoms with E-state index >= 15 is 0 Å². The minimum atomic E-state index is -0.405. The first kappa shape index (κ1) is 13.5. The van der Waals surface area contributed by atoms with Crippen LogP contribution < -0.4 is 5.32 Å². The van der Waals surface area contributed by atoms with E-state index in [1.54, 1.807) is 0 Å². The molecule has 2 unspecified atom stereocenters. The molecule has 1 heterocycles. The average molecular weight is 279 g/mol. The van der Waals surface area contributed by atoms with Gasteiger partial charge in [0.05, 0.1) is 12.1 Å². The number of rotatable bonds is 5. The minimum absolute atomic E-state index is 0.0536. The van der Waals surface area contributed by atoms with Crippen molar-refractivity contribution in [3.05, 3.63) is 11.7 Å². The number of nitrogens with one attached hydrogen (secondary N) is 1. The van der Waals surface area contributed by atoms with Crippen molar-refractivity contribution in [2.45, 2.75) is 69.4 Å². The molecule has 0 bridgehead atoms. The Morgan fingerprint density at radius 2 is 2.10 bits per heavy atom. The van der Waals surface area contributed by atoms with Crippen LogP contribution in [0.15, 0.2) is 4.52 Å². The lowest BCUT2D eigenvalue weighted by Gasteiger charge is -2.28. The monoisotopic (exact) mass is 279 g/mol. The number of aliphatic hydroxyl groups is 1. The molecule has 0 saturated heterocycles. The van der Waals surface area contributed by atoms with Crippen LogP contribution in [0.3, 0.4) is 0 Å². The molecule has 0 aliphatic heterocycles. The lowest BCUT2D eigenvalue weighted by molar-refractivity contribution is -0.123. The van der Waals surface area contributed by atoms with Gasteiger partial charge < -0.3 is 14.9 Å². The average Bonchev–Trinajstić information content (AvgIpc) is 3.18. The van der Waals surface area contributed by atoms with Crippen LogP contribution in [-0.2, 0) is 11.2 Å². The van der Waals surface area contributed by atoms with Crippen molar-refractivity contribution < 1.29 is 14.4 Å². The molecular formula is C14H21N3O3. The zero-order valence-electron chi connectivity index (χ0n) is 11.5. The van der Waals surface area contributed by atoms with Crippen molar-refractivity contribution in [2.75, 3.05) is 0 Å². The number of amides is 1. The Hall–Kier alpha value is -1.43. The molecule has 0 radical (unpaired) electrons. The molecule has 1 amide bonds. The third-order valence-corrected chi connectivity index (χ3v) is 4.07. The van der Waals surface area contributed by atoms with Gasteiger partial charge in [0.15, 0.2) is 5.82 Å². The van der Waals surface area contributed by atoms with Crippen LogP contribution in [0.25, 0.3) is 0 Å². The molecule has 1 aromatic heterocycles. The van der Waals surface area contributed by atoms with Crippen molar-refractivity contribution in [2.24, 2.45) is 0 Å². The van der Waals surface area contributed by atoms with Gasteiger partial charge in [-0.05, 0) is 25.7 Å². The number of hydrogen-bond donors (Lipinski definition) is 2. The standard InChI is InChI=1S/C14H21N3O3/c18-11-4-2-1-3-10(11)15-12(19)7-8-13-16-14(17-20-13)9-5-6-9/h9-11,18H,1-8H2,(H,15,19). The van der Waals surface area contributed by atoms with Crippen LogP contribution in [0, 0.1) is 0 Å². The summed E-state index contributed by atoms with van der Waals surface area (Å²) in [5, 5.41) is 16.6. The van der Waals surface area contributed by atoms with Gasteiger partial charge in [-0.1, -0.05) is 18.0 Å². The Kier molecular flexibility index (Phi) is 4.00. The highest BCUT2D eigenvalue weighted by atomic mass is 16.5. The van der Waals surface area contributed by atoms with E-state index in [0.29, 0.717) is 24.7 Å². The quantitative estimate of drug-likeness (QED) is 0.848. The van der Waals surface area contributed by atoms with Crippen molar-refractivity contribution in [1.29, 1.82) is 0 Å². The maximum absolute atomic E-state index is 11.9. The van der Waals surface area contributed by atoms with E-state index in [2.05, 4.69) is 15.5 Å². The summed E-state index contributed by atoms with van der Waals surface area (Å²) in [6.07, 6.45) is 6.41. The first-order valence-electron chi connectivity index (χ1n) is 7.52. The fourth-order valence-corrected chi connectivity index (χ4v) is 2.66. The van der Waals surface area contributed by atoms with E-state index in [9.17, 15) is 9.90 Å². The highest BCUT2D eigenvalue weighted by Gasteiger charge is 2.29. The molecular weight excluding hydrogens is 258 g/mol. The third-order valence-electron chi connectivity index (χ3n) is 4.07. The van der Waals surface area contributed by atoms with E-state index in [1.807, 2.05) is 0 Å². The summed E-state index contributed by atoms with van der Waals surface area (Å²) in [6, 6.07) is -0.0963. The molecule has 3 rings (SSSR count). The molecule has 2 atom stereocenters. The molecule has 0 aromatic carbocycles. The Morgan fingerprint density at radius 3 is 2.85 bits per heavy atom. The molecule has 6 heteroatoms. The number of carbonyl (C=O) groups excluding carboxylic acids is 1. The van der Waals surface area contributed by atoms with E-state index in [0.717, 1.165) is 44.3 Å². The molecule has 0 spiro atoms. The second-order valence-corrected chi connectivity index (χ2v) is 5.85. The second-order valence-electron chi connectivity index (χ2n) is 5.85. The Balaban J connectivity index is 1.43. The number of aliphatic hydroxyl groups excluding tert-OH is 1. The highest BCUT2D eigenvalue weighted by molar-refractivity contribution is 5.76. The molecule has 2 fully saturated rings. The van der Waals surface area contributed by atoms with Crippen molar-refractivity contribution >= 4 is 5.91 Å². The van der Waals surface area contributed by atoms with Gasteiger partial charge in [0.25, 0.3) is 0 Å². The van der Waals surface area contributed by atoms with Gasteiger partial charge in [0.1, 0.15) is 0 Å². The summed E-state index contributed by atoms with van der Waals surface area (Å²) in [4.78, 5) is 16.2. The largest absolute Gasteiger partial charge is 0.391 e. The number of hydrogen-bond acceptors (Lipinski definition) is 5. The molecule has 2 aliphatic carbocycles. The topological polar surface area (TPSA) is 88.2 Å². The summed E-state index contributed by atoms with van der Waals surface area (Å²) in [5.41, 5.74) is 0. The number of nitrogens with zero attached hydrogens (tertiary/aromatic N) is 2. The normalized spacial score (nSPS) is 26.4. The SMILES string of the molecule is O=C(CCc1nc(C2CC2)no1)NC1CCCCC1O. The zero-order valence-corrected chi connectivity index (χ0v) is 11.5. The maximum Gasteiger partial charge on any atom is 0.227 e. The molecule has 2 aliphatic rings. The first-order chi connectivity index (χ1) is 9.72. The van der Waals surface area contributed by atoms with Crippen molar-refractivity contribution in [3.8, 4) is 0 Å². The van der Waals surface area contributed by atoms with E-state index in [1.165, 1.54) is 0 Å². The summed E-state index contributed by atoms with van der Waals surface area (Å²) < 4.78 is 5.14. The lowest BCUT2D eigenvalue weighted by atomic mass is 9.92. The van der Waals surface area contributed by atoms with Gasteiger partial charge in [-0.3, -0.25) is 4.79 Å². The maximum atomic E-state index is 11.9. The van der Waals surface area contributed by atoms with Crippen LogP contribution in [0.4, 0.5) is 0 Å². The van der Waals surface area contributed by atoms with E-state index < -0.39 is 6.10 Å². The van der Waals surface area contributed by atoms with Gasteiger partial charge in [0.2, 0.25) is 11.8 Å². The number of aryl methyl sites for hydroxylation is 1. The Bertz CT molecular complexity index is 470.